The number of carbonyl (C=O) groups excluding carboxylic acids is 1. The molecule has 2 saturated carbocycles. The first-order valence-electron chi connectivity index (χ1n) is 7.84. The number of carbonyl (C=O) groups is 2. The Balaban J connectivity index is 1.60. The van der Waals surface area contributed by atoms with Crippen LogP contribution in [0.25, 0.3) is 0 Å². The second kappa shape index (κ2) is 6.95. The van der Waals surface area contributed by atoms with Crippen molar-refractivity contribution in [3.63, 3.8) is 0 Å². The van der Waals surface area contributed by atoms with Crippen molar-refractivity contribution in [2.75, 3.05) is 0 Å². The monoisotopic (exact) mass is 282 g/mol. The molecule has 2 aliphatic carbocycles. The highest BCUT2D eigenvalue weighted by atomic mass is 16.4. The van der Waals surface area contributed by atoms with Gasteiger partial charge >= 0.3 is 12.0 Å². The fourth-order valence-corrected chi connectivity index (χ4v) is 2.90. The summed E-state index contributed by atoms with van der Waals surface area (Å²) in [6, 6.07) is 0.235. The van der Waals surface area contributed by atoms with Crippen LogP contribution < -0.4 is 10.6 Å². The summed E-state index contributed by atoms with van der Waals surface area (Å²) in [6.07, 6.45) is 7.82. The van der Waals surface area contributed by atoms with Crippen molar-refractivity contribution in [2.45, 2.75) is 70.4 Å². The maximum Gasteiger partial charge on any atom is 0.315 e. The lowest BCUT2D eigenvalue weighted by atomic mass is 9.86. The summed E-state index contributed by atoms with van der Waals surface area (Å²) in [4.78, 5) is 22.7. The molecule has 0 heterocycles. The minimum atomic E-state index is -0.707. The first-order chi connectivity index (χ1) is 9.54. The van der Waals surface area contributed by atoms with Gasteiger partial charge in [-0.2, -0.15) is 0 Å². The molecule has 3 N–H and O–H groups in total. The van der Waals surface area contributed by atoms with E-state index in [1.54, 1.807) is 0 Å². The van der Waals surface area contributed by atoms with Crippen LogP contribution >= 0.6 is 0 Å². The van der Waals surface area contributed by atoms with E-state index >= 15 is 0 Å². The van der Waals surface area contributed by atoms with Crippen molar-refractivity contribution in [3.05, 3.63) is 0 Å². The summed E-state index contributed by atoms with van der Waals surface area (Å²) in [5.74, 6) is -0.0382. The van der Waals surface area contributed by atoms with Crippen molar-refractivity contribution in [1.82, 2.24) is 10.6 Å². The molecule has 1 atom stereocenters. The van der Waals surface area contributed by atoms with Gasteiger partial charge in [0.05, 0.1) is 5.92 Å². The molecule has 5 heteroatoms. The van der Waals surface area contributed by atoms with Crippen molar-refractivity contribution in [3.8, 4) is 0 Å². The van der Waals surface area contributed by atoms with Gasteiger partial charge in [0.25, 0.3) is 0 Å². The Kier molecular flexibility index (Phi) is 5.26. The number of aliphatic carboxylic acids is 1. The lowest BCUT2D eigenvalue weighted by molar-refractivity contribution is -0.142. The molecule has 0 saturated heterocycles. The summed E-state index contributed by atoms with van der Waals surface area (Å²) in [5.41, 5.74) is 0. The molecule has 1 unspecified atom stereocenters. The van der Waals surface area contributed by atoms with Gasteiger partial charge in [-0.05, 0) is 51.4 Å². The third kappa shape index (κ3) is 5.02. The average Bonchev–Trinajstić information content (AvgIpc) is 3.21. The topological polar surface area (TPSA) is 78.4 Å². The summed E-state index contributed by atoms with van der Waals surface area (Å²) < 4.78 is 0. The highest BCUT2D eigenvalue weighted by Gasteiger charge is 2.27. The van der Waals surface area contributed by atoms with Crippen molar-refractivity contribution in [2.24, 2.45) is 11.8 Å². The third-order valence-corrected chi connectivity index (χ3v) is 4.49. The number of amides is 2. The van der Waals surface area contributed by atoms with Crippen molar-refractivity contribution in [1.29, 1.82) is 0 Å². The Morgan fingerprint density at radius 2 is 1.80 bits per heavy atom. The number of rotatable bonds is 6. The molecule has 2 rings (SSSR count). The van der Waals surface area contributed by atoms with E-state index < -0.39 is 5.97 Å². The molecule has 0 aliphatic heterocycles. The first-order valence-corrected chi connectivity index (χ1v) is 7.84. The molecular formula is C15H26N2O3. The minimum Gasteiger partial charge on any atom is -0.481 e. The molecule has 0 aromatic heterocycles. The number of hydrogen-bond donors (Lipinski definition) is 3. The van der Waals surface area contributed by atoms with Crippen LogP contribution in [0.5, 0.6) is 0 Å². The molecular weight excluding hydrogens is 256 g/mol. The summed E-state index contributed by atoms with van der Waals surface area (Å²) in [6.45, 7) is 2.04. The molecule has 20 heavy (non-hydrogen) atoms. The smallest absolute Gasteiger partial charge is 0.315 e. The maximum absolute atomic E-state index is 11.9. The van der Waals surface area contributed by atoms with Gasteiger partial charge in [-0.1, -0.05) is 12.8 Å². The van der Waals surface area contributed by atoms with Crippen molar-refractivity contribution < 1.29 is 14.7 Å². The molecule has 0 aromatic carbocycles. The van der Waals surface area contributed by atoms with Crippen LogP contribution in [0.3, 0.4) is 0 Å². The standard InChI is InChI=1S/C15H26N2O3/c1-10(2-3-11-4-5-11)16-15(20)17-13-8-6-12(7-9-13)14(18)19/h10-13H,2-9H2,1H3,(H,18,19)(H2,16,17,20). The molecule has 2 amide bonds. The summed E-state index contributed by atoms with van der Waals surface area (Å²) >= 11 is 0. The van der Waals surface area contributed by atoms with Gasteiger partial charge in [0.1, 0.15) is 0 Å². The zero-order chi connectivity index (χ0) is 14.5. The Morgan fingerprint density at radius 1 is 1.15 bits per heavy atom. The van der Waals surface area contributed by atoms with Gasteiger partial charge in [0.15, 0.2) is 0 Å². The van der Waals surface area contributed by atoms with Crippen LogP contribution in [0.4, 0.5) is 4.79 Å². The largest absolute Gasteiger partial charge is 0.481 e. The van der Waals surface area contributed by atoms with Crippen LogP contribution in [0.15, 0.2) is 0 Å². The van der Waals surface area contributed by atoms with Crippen LogP contribution in [-0.2, 0) is 4.79 Å². The quantitative estimate of drug-likeness (QED) is 0.700. The number of carboxylic acids is 1. The van der Waals surface area contributed by atoms with E-state index in [2.05, 4.69) is 10.6 Å². The summed E-state index contributed by atoms with van der Waals surface area (Å²) in [5, 5.41) is 14.9. The SMILES string of the molecule is CC(CCC1CC1)NC(=O)NC1CCC(C(=O)O)CC1. The van der Waals surface area contributed by atoms with E-state index in [4.69, 9.17) is 5.11 Å². The predicted octanol–water partition coefficient (Wildman–Crippen LogP) is 2.51. The molecule has 114 valence electrons. The van der Waals surface area contributed by atoms with Crippen LogP contribution in [0.1, 0.15) is 58.3 Å². The second-order valence-electron chi connectivity index (χ2n) is 6.43. The zero-order valence-corrected chi connectivity index (χ0v) is 12.2. The van der Waals surface area contributed by atoms with E-state index in [9.17, 15) is 9.59 Å². The molecule has 0 radical (unpaired) electrons. The molecule has 2 aliphatic rings. The number of nitrogens with one attached hydrogen (secondary N) is 2. The Morgan fingerprint density at radius 3 is 2.35 bits per heavy atom. The third-order valence-electron chi connectivity index (χ3n) is 4.49. The molecule has 0 aromatic rings. The van der Waals surface area contributed by atoms with Gasteiger partial charge < -0.3 is 15.7 Å². The lowest BCUT2D eigenvalue weighted by Gasteiger charge is -2.27. The van der Waals surface area contributed by atoms with Gasteiger partial charge in [-0.15, -0.1) is 0 Å². The Labute approximate surface area is 120 Å². The van der Waals surface area contributed by atoms with E-state index in [0.717, 1.165) is 25.2 Å². The van der Waals surface area contributed by atoms with Crippen LogP contribution in [-0.4, -0.2) is 29.2 Å². The minimum absolute atomic E-state index is 0.105. The number of urea groups is 1. The molecule has 0 spiro atoms. The Bertz CT molecular complexity index is 347. The Hall–Kier alpha value is -1.26. The first kappa shape index (κ1) is 15.1. The summed E-state index contributed by atoms with van der Waals surface area (Å²) in [7, 11) is 0. The zero-order valence-electron chi connectivity index (χ0n) is 12.2. The average molecular weight is 282 g/mol. The van der Waals surface area contributed by atoms with E-state index in [1.165, 1.54) is 19.3 Å². The van der Waals surface area contributed by atoms with Crippen LogP contribution in [0, 0.1) is 11.8 Å². The fourth-order valence-electron chi connectivity index (χ4n) is 2.90. The van der Waals surface area contributed by atoms with E-state index in [0.29, 0.717) is 12.8 Å². The van der Waals surface area contributed by atoms with Gasteiger partial charge in [0, 0.05) is 12.1 Å². The maximum atomic E-state index is 11.9. The van der Waals surface area contributed by atoms with Gasteiger partial charge in [0.2, 0.25) is 0 Å². The number of carboxylic acid groups (broad SMARTS) is 1. The van der Waals surface area contributed by atoms with E-state index in [-0.39, 0.29) is 24.0 Å². The molecule has 0 bridgehead atoms. The fraction of sp³-hybridized carbons (Fsp3) is 0.867. The molecule has 2 fully saturated rings. The highest BCUT2D eigenvalue weighted by molar-refractivity contribution is 5.74. The van der Waals surface area contributed by atoms with Crippen molar-refractivity contribution >= 4 is 12.0 Å². The normalized spacial score (nSPS) is 27.6. The number of hydrogen-bond acceptors (Lipinski definition) is 2. The van der Waals surface area contributed by atoms with E-state index in [1.807, 2.05) is 6.92 Å². The highest BCUT2D eigenvalue weighted by Crippen LogP contribution is 2.33. The predicted molar refractivity (Wildman–Crippen MR) is 76.5 cm³/mol. The second-order valence-corrected chi connectivity index (χ2v) is 6.43. The van der Waals surface area contributed by atoms with Gasteiger partial charge in [-0.25, -0.2) is 4.79 Å². The van der Waals surface area contributed by atoms with Gasteiger partial charge in [-0.3, -0.25) is 4.79 Å². The van der Waals surface area contributed by atoms with Crippen LogP contribution in [0.2, 0.25) is 0 Å². The molecule has 5 nitrogen and oxygen atoms in total. The lowest BCUT2D eigenvalue weighted by Crippen LogP contribution is -2.46.